The van der Waals surface area contributed by atoms with Crippen molar-refractivity contribution in [1.82, 2.24) is 15.4 Å². The van der Waals surface area contributed by atoms with Crippen LogP contribution >= 0.6 is 0 Å². The Balaban J connectivity index is 1.93. The first-order valence-electron chi connectivity index (χ1n) is 7.18. The van der Waals surface area contributed by atoms with Crippen LogP contribution in [0.1, 0.15) is 12.5 Å². The number of amides is 1. The van der Waals surface area contributed by atoms with E-state index in [0.717, 1.165) is 33.7 Å². The van der Waals surface area contributed by atoms with E-state index in [2.05, 4.69) is 15.4 Å². The average Bonchev–Trinajstić information content (AvgIpc) is 2.97. The van der Waals surface area contributed by atoms with Gasteiger partial charge in [0.15, 0.2) is 0 Å². The number of hydrogen-bond acceptors (Lipinski definition) is 4. The van der Waals surface area contributed by atoms with E-state index in [9.17, 15) is 4.79 Å². The van der Waals surface area contributed by atoms with Gasteiger partial charge >= 0.3 is 0 Å². The molecule has 6 heteroatoms. The number of carbonyl (C=O) groups is 1. The van der Waals surface area contributed by atoms with E-state index < -0.39 is 0 Å². The molecule has 0 aliphatic heterocycles. The lowest BCUT2D eigenvalue weighted by Crippen LogP contribution is -2.20. The molecule has 0 saturated carbocycles. The van der Waals surface area contributed by atoms with E-state index in [1.54, 1.807) is 7.11 Å². The van der Waals surface area contributed by atoms with Crippen LogP contribution < -0.4 is 10.2 Å². The molecule has 0 bridgehead atoms. The highest BCUT2D eigenvalue weighted by molar-refractivity contribution is 5.81. The van der Waals surface area contributed by atoms with Crippen LogP contribution in [-0.2, 0) is 16.2 Å². The van der Waals surface area contributed by atoms with Crippen LogP contribution in [-0.4, -0.2) is 23.0 Å². The Morgan fingerprint density at radius 1 is 1.26 bits per heavy atom. The summed E-state index contributed by atoms with van der Waals surface area (Å²) in [5, 5.41) is 0. The maximum Gasteiger partial charge on any atom is 0.240 e. The molecular formula is C17H17N3O3. The molecule has 0 unspecified atom stereocenters. The first-order valence-corrected chi connectivity index (χ1v) is 7.18. The Kier molecular flexibility index (Phi) is 4.25. The lowest BCUT2D eigenvalue weighted by atomic mass is 10.1. The van der Waals surface area contributed by atoms with Gasteiger partial charge in [-0.3, -0.25) is 9.63 Å². The fourth-order valence-electron chi connectivity index (χ4n) is 2.33. The smallest absolute Gasteiger partial charge is 0.240 e. The van der Waals surface area contributed by atoms with E-state index in [1.165, 1.54) is 6.92 Å². The van der Waals surface area contributed by atoms with Crippen molar-refractivity contribution in [2.75, 3.05) is 7.11 Å². The molecule has 2 aromatic carbocycles. The zero-order chi connectivity index (χ0) is 16.2. The minimum absolute atomic E-state index is 0.238. The van der Waals surface area contributed by atoms with Crippen molar-refractivity contribution in [3.63, 3.8) is 0 Å². The molecule has 0 aliphatic carbocycles. The fourth-order valence-corrected chi connectivity index (χ4v) is 2.33. The Labute approximate surface area is 133 Å². The molecule has 0 aliphatic rings. The lowest BCUT2D eigenvalue weighted by Gasteiger charge is -2.07. The molecule has 1 aromatic heterocycles. The number of rotatable bonds is 5. The summed E-state index contributed by atoms with van der Waals surface area (Å²) in [4.78, 5) is 24.0. The highest BCUT2D eigenvalue weighted by Gasteiger charge is 2.10. The van der Waals surface area contributed by atoms with Gasteiger partial charge in [-0.15, -0.1) is 0 Å². The summed E-state index contributed by atoms with van der Waals surface area (Å²) in [6.07, 6.45) is 0. The number of methoxy groups -OCH3 is 1. The first kappa shape index (κ1) is 15.1. The summed E-state index contributed by atoms with van der Waals surface area (Å²) in [5.41, 5.74) is 5.94. The zero-order valence-corrected chi connectivity index (χ0v) is 12.9. The van der Waals surface area contributed by atoms with Crippen molar-refractivity contribution in [2.24, 2.45) is 0 Å². The lowest BCUT2D eigenvalue weighted by molar-refractivity contribution is -0.132. The van der Waals surface area contributed by atoms with Gasteiger partial charge < -0.3 is 9.72 Å². The molecule has 23 heavy (non-hydrogen) atoms. The third-order valence-electron chi connectivity index (χ3n) is 3.41. The molecule has 1 amide bonds. The molecule has 3 aromatic rings. The van der Waals surface area contributed by atoms with Gasteiger partial charge in [0.25, 0.3) is 0 Å². The number of imidazole rings is 1. The highest BCUT2D eigenvalue weighted by atomic mass is 16.6. The topological polar surface area (TPSA) is 76.2 Å². The number of hydroxylamine groups is 1. The van der Waals surface area contributed by atoms with Gasteiger partial charge in [-0.1, -0.05) is 24.3 Å². The molecule has 118 valence electrons. The second-order valence-electron chi connectivity index (χ2n) is 5.07. The maximum absolute atomic E-state index is 10.9. The monoisotopic (exact) mass is 311 g/mol. The maximum atomic E-state index is 10.9. The van der Waals surface area contributed by atoms with Crippen LogP contribution in [0.3, 0.4) is 0 Å². The van der Waals surface area contributed by atoms with Gasteiger partial charge in [-0.2, -0.15) is 0 Å². The van der Waals surface area contributed by atoms with Crippen molar-refractivity contribution in [3.8, 4) is 17.1 Å². The number of aromatic amines is 1. The van der Waals surface area contributed by atoms with E-state index in [1.807, 2.05) is 42.5 Å². The number of hydrogen-bond donors (Lipinski definition) is 2. The summed E-state index contributed by atoms with van der Waals surface area (Å²) in [5.74, 6) is 1.27. The summed E-state index contributed by atoms with van der Waals surface area (Å²) >= 11 is 0. The van der Waals surface area contributed by atoms with Gasteiger partial charge in [-0.05, 0) is 17.7 Å². The molecule has 2 N–H and O–H groups in total. The van der Waals surface area contributed by atoms with E-state index >= 15 is 0 Å². The predicted octanol–water partition coefficient (Wildman–Crippen LogP) is 2.81. The first-order chi connectivity index (χ1) is 11.2. The molecule has 0 radical (unpaired) electrons. The van der Waals surface area contributed by atoms with Crippen LogP contribution in [0.15, 0.2) is 42.5 Å². The SMILES string of the molecule is COc1ccc2[nH]c(-c3ccccc3CONC(C)=O)nc2c1. The Morgan fingerprint density at radius 3 is 2.87 bits per heavy atom. The Hall–Kier alpha value is -2.86. The second-order valence-corrected chi connectivity index (χ2v) is 5.07. The number of fused-ring (bicyclic) bond motifs is 1. The largest absolute Gasteiger partial charge is 0.497 e. The fraction of sp³-hybridized carbons (Fsp3) is 0.176. The molecule has 0 saturated heterocycles. The highest BCUT2D eigenvalue weighted by Crippen LogP contribution is 2.26. The van der Waals surface area contributed by atoms with Gasteiger partial charge in [0, 0.05) is 18.6 Å². The number of nitrogens with one attached hydrogen (secondary N) is 2. The third kappa shape index (κ3) is 3.32. The number of aromatic nitrogens is 2. The van der Waals surface area contributed by atoms with Crippen molar-refractivity contribution >= 4 is 16.9 Å². The van der Waals surface area contributed by atoms with E-state index in [4.69, 9.17) is 9.57 Å². The van der Waals surface area contributed by atoms with Gasteiger partial charge in [0.1, 0.15) is 18.2 Å². The zero-order valence-electron chi connectivity index (χ0n) is 12.9. The quantitative estimate of drug-likeness (QED) is 0.710. The summed E-state index contributed by atoms with van der Waals surface area (Å²) in [6.45, 7) is 1.66. The number of benzene rings is 2. The molecule has 6 nitrogen and oxygen atoms in total. The van der Waals surface area contributed by atoms with Crippen molar-refractivity contribution in [3.05, 3.63) is 48.0 Å². The van der Waals surface area contributed by atoms with Crippen LogP contribution in [0.25, 0.3) is 22.4 Å². The predicted molar refractivity (Wildman–Crippen MR) is 86.7 cm³/mol. The van der Waals surface area contributed by atoms with Crippen molar-refractivity contribution in [2.45, 2.75) is 13.5 Å². The third-order valence-corrected chi connectivity index (χ3v) is 3.41. The summed E-state index contributed by atoms with van der Waals surface area (Å²) < 4.78 is 5.22. The molecule has 1 heterocycles. The number of ether oxygens (including phenoxy) is 1. The average molecular weight is 311 g/mol. The molecule has 3 rings (SSSR count). The van der Waals surface area contributed by atoms with Gasteiger partial charge in [-0.25, -0.2) is 10.5 Å². The number of H-pyrrole nitrogens is 1. The summed E-state index contributed by atoms with van der Waals surface area (Å²) in [6, 6.07) is 13.4. The molecule has 0 fully saturated rings. The summed E-state index contributed by atoms with van der Waals surface area (Å²) in [7, 11) is 1.63. The minimum Gasteiger partial charge on any atom is -0.497 e. The van der Waals surface area contributed by atoms with Crippen molar-refractivity contribution in [1.29, 1.82) is 0 Å². The van der Waals surface area contributed by atoms with Crippen LogP contribution in [0.2, 0.25) is 0 Å². The minimum atomic E-state index is -0.238. The van der Waals surface area contributed by atoms with Gasteiger partial charge in [0.2, 0.25) is 5.91 Å². The standard InChI is InChI=1S/C17H17N3O3/c1-11(21)20-23-10-12-5-3-4-6-14(12)17-18-15-8-7-13(22-2)9-16(15)19-17/h3-9H,10H2,1-2H3,(H,18,19)(H,20,21). The normalized spacial score (nSPS) is 10.7. The van der Waals surface area contributed by atoms with Crippen LogP contribution in [0, 0.1) is 0 Å². The van der Waals surface area contributed by atoms with E-state index in [0.29, 0.717) is 0 Å². The van der Waals surface area contributed by atoms with E-state index in [-0.39, 0.29) is 12.5 Å². The van der Waals surface area contributed by atoms with Gasteiger partial charge in [0.05, 0.1) is 18.1 Å². The number of nitrogens with zero attached hydrogens (tertiary/aromatic N) is 1. The Bertz CT molecular complexity index is 842. The van der Waals surface area contributed by atoms with Crippen LogP contribution in [0.4, 0.5) is 0 Å². The van der Waals surface area contributed by atoms with Crippen LogP contribution in [0.5, 0.6) is 5.75 Å². The molecule has 0 spiro atoms. The number of carbonyl (C=O) groups excluding carboxylic acids is 1. The Morgan fingerprint density at radius 2 is 2.09 bits per heavy atom. The molecule has 0 atom stereocenters. The van der Waals surface area contributed by atoms with Crippen molar-refractivity contribution < 1.29 is 14.4 Å². The second kappa shape index (κ2) is 6.50. The molecular weight excluding hydrogens is 294 g/mol.